The molecule has 1 atom stereocenters. The lowest BCUT2D eigenvalue weighted by Gasteiger charge is -2.14. The third-order valence-corrected chi connectivity index (χ3v) is 8.15. The fourth-order valence-electron chi connectivity index (χ4n) is 5.31. The fourth-order valence-corrected chi connectivity index (χ4v) is 5.31. The summed E-state index contributed by atoms with van der Waals surface area (Å²) in [5.41, 5.74) is 1.96. The molecule has 0 bridgehead atoms. The van der Waals surface area contributed by atoms with E-state index in [0.29, 0.717) is 32.2 Å². The van der Waals surface area contributed by atoms with Crippen LogP contribution < -0.4 is 10.6 Å². The number of hydrogen-bond donors (Lipinski definition) is 3. The molecule has 1 aromatic heterocycles. The molecule has 0 spiro atoms. The number of hydrogen-bond acceptors (Lipinski definition) is 5. The van der Waals surface area contributed by atoms with Crippen LogP contribution in [0.5, 0.6) is 0 Å². The monoisotopic (exact) mass is 672 g/mol. The van der Waals surface area contributed by atoms with Gasteiger partial charge >= 0.3 is 5.97 Å². The number of pyridine rings is 1. The molecule has 49 heavy (non-hydrogen) atoms. The van der Waals surface area contributed by atoms with Crippen molar-refractivity contribution in [2.75, 3.05) is 26.2 Å². The van der Waals surface area contributed by atoms with Crippen LogP contribution in [-0.4, -0.2) is 65.0 Å². The normalized spacial score (nSPS) is 14.8. The number of carboxylic acid groups (broad SMARTS) is 1. The Morgan fingerprint density at radius 1 is 0.837 bits per heavy atom. The number of nitrogens with zero attached hydrogens (tertiary/aromatic N) is 2. The van der Waals surface area contributed by atoms with Crippen LogP contribution in [0, 0.1) is 0 Å². The van der Waals surface area contributed by atoms with Crippen molar-refractivity contribution in [2.45, 2.75) is 109 Å². The van der Waals surface area contributed by atoms with Gasteiger partial charge in [0.15, 0.2) is 0 Å². The van der Waals surface area contributed by atoms with Gasteiger partial charge in [-0.3, -0.25) is 14.6 Å². The zero-order chi connectivity index (χ0) is 35.2. The Morgan fingerprint density at radius 2 is 1.49 bits per heavy atom. The number of amides is 2. The molecule has 1 aliphatic rings. The minimum atomic E-state index is -1.05. The van der Waals surface area contributed by atoms with E-state index >= 15 is 0 Å². The fraction of sp³-hybridized carbons (Fsp3) is 0.512. The third kappa shape index (κ3) is 22.3. The summed E-state index contributed by atoms with van der Waals surface area (Å²) >= 11 is 0. The molecule has 1 aliphatic heterocycles. The lowest BCUT2D eigenvalue weighted by molar-refractivity contribution is -0.142. The van der Waals surface area contributed by atoms with E-state index in [-0.39, 0.29) is 18.2 Å². The lowest BCUT2D eigenvalue weighted by atomic mass is 10.1. The highest BCUT2D eigenvalue weighted by atomic mass is 16.4. The lowest BCUT2D eigenvalue weighted by Crippen LogP contribution is -2.40. The molecule has 8 nitrogen and oxygen atoms in total. The van der Waals surface area contributed by atoms with Gasteiger partial charge in [0.25, 0.3) is 0 Å². The van der Waals surface area contributed by atoms with E-state index in [4.69, 9.17) is 0 Å². The second kappa shape index (κ2) is 27.9. The van der Waals surface area contributed by atoms with Gasteiger partial charge in [-0.05, 0) is 102 Å². The van der Waals surface area contributed by atoms with Gasteiger partial charge in [0, 0.05) is 44.2 Å². The molecule has 1 saturated heterocycles. The van der Waals surface area contributed by atoms with E-state index in [9.17, 15) is 19.5 Å². The minimum Gasteiger partial charge on any atom is -0.480 e. The van der Waals surface area contributed by atoms with Crippen molar-refractivity contribution in [3.8, 4) is 0 Å². The molecule has 0 radical (unpaired) electrons. The number of aliphatic carboxylic acids is 1. The Labute approximate surface area is 295 Å². The first kappa shape index (κ1) is 41.1. The number of carbonyl (C=O) groups excluding carboxylic acids is 2. The van der Waals surface area contributed by atoms with Crippen molar-refractivity contribution in [2.24, 2.45) is 0 Å². The molecule has 0 aromatic carbocycles. The molecule has 0 saturated carbocycles. The van der Waals surface area contributed by atoms with Crippen LogP contribution in [0.3, 0.4) is 0 Å². The predicted octanol–water partition coefficient (Wildman–Crippen LogP) is 7.90. The number of likely N-dealkylation sites (tertiary alicyclic amines) is 1. The van der Waals surface area contributed by atoms with Gasteiger partial charge in [0.05, 0.1) is 0 Å². The molecular weight excluding hydrogens is 612 g/mol. The first-order valence-electron chi connectivity index (χ1n) is 18.4. The number of nitrogens with one attached hydrogen (secondary N) is 2. The van der Waals surface area contributed by atoms with Crippen LogP contribution in [-0.2, 0) is 20.8 Å². The zero-order valence-corrected chi connectivity index (χ0v) is 29.7. The van der Waals surface area contributed by atoms with Gasteiger partial charge in [0.2, 0.25) is 11.8 Å². The molecule has 1 fully saturated rings. The van der Waals surface area contributed by atoms with E-state index in [1.54, 1.807) is 12.3 Å². The number of carbonyl (C=O) groups is 3. The standard InChI is InChI=1S/C41H60N4O4/c1-2-3-4-5-6-7-8-9-10-11-12-13-14-15-16-17-18-26-39(46)42-31-20-19-25-38(41(48)49)44-40(47)27-23-24-36-28-29-37(43-35-36)30-34-45-32-21-22-33-45/h3-4,6-7,9-10,12-13,15-16,23-24,28-29,35,38H,2,5,8,11,14,17-22,25-27,30-34H2,1H3,(H,42,46)(H,44,47)(H,48,49)/b4-3-,7-6-,10-9-,13-12-,16-15-,24-23+/t38-/m0/s1. The Balaban J connectivity index is 1.48. The second-order valence-electron chi connectivity index (χ2n) is 12.4. The van der Waals surface area contributed by atoms with Crippen LogP contribution in [0.25, 0.3) is 6.08 Å². The van der Waals surface area contributed by atoms with Crippen molar-refractivity contribution in [3.63, 3.8) is 0 Å². The van der Waals surface area contributed by atoms with E-state index in [1.165, 1.54) is 25.9 Å². The highest BCUT2D eigenvalue weighted by molar-refractivity contribution is 5.84. The summed E-state index contributed by atoms with van der Waals surface area (Å²) in [4.78, 5) is 43.2. The molecule has 2 heterocycles. The van der Waals surface area contributed by atoms with Gasteiger partial charge in [-0.15, -0.1) is 0 Å². The number of aromatic nitrogens is 1. The highest BCUT2D eigenvalue weighted by Gasteiger charge is 2.18. The summed E-state index contributed by atoms with van der Waals surface area (Å²) in [5, 5.41) is 15.1. The minimum absolute atomic E-state index is 0.00847. The van der Waals surface area contributed by atoms with Gasteiger partial charge in [-0.2, -0.15) is 0 Å². The summed E-state index contributed by atoms with van der Waals surface area (Å²) in [5.74, 6) is -1.38. The van der Waals surface area contributed by atoms with Gasteiger partial charge in [0.1, 0.15) is 6.04 Å². The molecule has 8 heteroatoms. The third-order valence-electron chi connectivity index (χ3n) is 8.15. The number of allylic oxidation sites excluding steroid dienone is 10. The molecule has 0 aliphatic carbocycles. The zero-order valence-electron chi connectivity index (χ0n) is 29.7. The van der Waals surface area contributed by atoms with Crippen LogP contribution >= 0.6 is 0 Å². The van der Waals surface area contributed by atoms with Crippen molar-refractivity contribution < 1.29 is 19.5 Å². The molecule has 3 N–H and O–H groups in total. The van der Waals surface area contributed by atoms with Crippen molar-refractivity contribution in [1.29, 1.82) is 0 Å². The topological polar surface area (TPSA) is 112 Å². The predicted molar refractivity (Wildman–Crippen MR) is 202 cm³/mol. The second-order valence-corrected chi connectivity index (χ2v) is 12.4. The highest BCUT2D eigenvalue weighted by Crippen LogP contribution is 2.10. The summed E-state index contributed by atoms with van der Waals surface area (Å²) in [6.45, 7) is 6.03. The summed E-state index contributed by atoms with van der Waals surface area (Å²) < 4.78 is 0. The van der Waals surface area contributed by atoms with Gasteiger partial charge < -0.3 is 20.6 Å². The maximum Gasteiger partial charge on any atom is 0.326 e. The SMILES string of the molecule is CC/C=C\C/C=C\C/C=C\C/C=C\C/C=C\CCCC(=O)NCCCC[C@H](NC(=O)C/C=C/c1ccc(CCN2CCCC2)nc1)C(=O)O. The Kier molecular flexibility index (Phi) is 23.4. The Morgan fingerprint density at radius 3 is 2.10 bits per heavy atom. The first-order valence-corrected chi connectivity index (χ1v) is 18.4. The summed E-state index contributed by atoms with van der Waals surface area (Å²) in [6, 6.07) is 3.06. The van der Waals surface area contributed by atoms with Crippen molar-refractivity contribution in [3.05, 3.63) is 96.4 Å². The quantitative estimate of drug-likeness (QED) is 0.0682. The molecule has 2 rings (SSSR count). The average molecular weight is 673 g/mol. The molecular formula is C41H60N4O4. The number of carboxylic acids is 1. The first-order chi connectivity index (χ1) is 24.0. The van der Waals surface area contributed by atoms with Crippen LogP contribution in [0.2, 0.25) is 0 Å². The van der Waals surface area contributed by atoms with Gasteiger partial charge in [-0.25, -0.2) is 4.79 Å². The van der Waals surface area contributed by atoms with Crippen molar-refractivity contribution >= 4 is 23.9 Å². The van der Waals surface area contributed by atoms with E-state index in [1.807, 2.05) is 18.2 Å². The van der Waals surface area contributed by atoms with Crippen LogP contribution in [0.1, 0.15) is 108 Å². The molecule has 1 aromatic rings. The van der Waals surface area contributed by atoms with E-state index in [2.05, 4.69) is 88.2 Å². The molecule has 0 unspecified atom stereocenters. The van der Waals surface area contributed by atoms with E-state index < -0.39 is 12.0 Å². The largest absolute Gasteiger partial charge is 0.480 e. The van der Waals surface area contributed by atoms with Crippen LogP contribution in [0.15, 0.2) is 85.2 Å². The van der Waals surface area contributed by atoms with Crippen LogP contribution in [0.4, 0.5) is 0 Å². The Hall–Kier alpha value is -4.04. The number of rotatable bonds is 26. The maximum absolute atomic E-state index is 12.4. The number of unbranched alkanes of at least 4 members (excludes halogenated alkanes) is 2. The maximum atomic E-state index is 12.4. The average Bonchev–Trinajstić information content (AvgIpc) is 3.62. The summed E-state index contributed by atoms with van der Waals surface area (Å²) in [7, 11) is 0. The Bertz CT molecular complexity index is 1240. The smallest absolute Gasteiger partial charge is 0.326 e. The van der Waals surface area contributed by atoms with E-state index in [0.717, 1.165) is 69.2 Å². The molecule has 2 amide bonds. The van der Waals surface area contributed by atoms with Gasteiger partial charge in [-0.1, -0.05) is 85.9 Å². The summed E-state index contributed by atoms with van der Waals surface area (Å²) in [6.07, 6.45) is 39.2. The van der Waals surface area contributed by atoms with Crippen molar-refractivity contribution in [1.82, 2.24) is 20.5 Å². The molecule has 268 valence electrons.